The minimum absolute atomic E-state index is 0.0676. The van der Waals surface area contributed by atoms with Crippen molar-refractivity contribution in [2.45, 2.75) is 40.5 Å². The first-order valence-corrected chi connectivity index (χ1v) is 6.34. The normalized spacial score (nSPS) is 11.1. The van der Waals surface area contributed by atoms with Crippen LogP contribution in [0.2, 0.25) is 0 Å². The van der Waals surface area contributed by atoms with E-state index < -0.39 is 0 Å². The van der Waals surface area contributed by atoms with Gasteiger partial charge in [0.05, 0.1) is 0 Å². The second kappa shape index (κ2) is 7.98. The van der Waals surface area contributed by atoms with E-state index in [9.17, 15) is 4.79 Å². The highest BCUT2D eigenvalue weighted by molar-refractivity contribution is 6.27. The molecule has 0 bridgehead atoms. The van der Waals surface area contributed by atoms with Crippen LogP contribution in [0.25, 0.3) is 0 Å². The number of carbonyl (C=O) groups is 1. The van der Waals surface area contributed by atoms with Gasteiger partial charge in [-0.15, -0.1) is 11.6 Å². The Balaban J connectivity index is 4.01. The topological polar surface area (TPSA) is 20.3 Å². The van der Waals surface area contributed by atoms with Gasteiger partial charge in [0.25, 0.3) is 0 Å². The van der Waals surface area contributed by atoms with Crippen LogP contribution in [0.1, 0.15) is 40.5 Å². The van der Waals surface area contributed by atoms with Crippen LogP contribution in [-0.4, -0.2) is 29.8 Å². The maximum atomic E-state index is 11.5. The summed E-state index contributed by atoms with van der Waals surface area (Å²) < 4.78 is 0. The molecule has 0 aliphatic heterocycles. The molecule has 3 heteroatoms. The Hall–Kier alpha value is -0.240. The smallest absolute Gasteiger partial charge is 0.237 e. The number of hydrogen-bond acceptors (Lipinski definition) is 1. The second-order valence-corrected chi connectivity index (χ2v) is 5.15. The molecule has 0 aromatic heterocycles. The summed E-state index contributed by atoms with van der Waals surface area (Å²) in [6.07, 6.45) is 2.11. The fraction of sp³-hybridized carbons (Fsp3) is 0.917. The number of hydrogen-bond donors (Lipinski definition) is 0. The minimum Gasteiger partial charge on any atom is -0.342 e. The molecule has 0 aromatic rings. The third-order valence-electron chi connectivity index (χ3n) is 2.42. The summed E-state index contributed by atoms with van der Waals surface area (Å²) in [7, 11) is 0. The first-order valence-electron chi connectivity index (χ1n) is 5.81. The van der Waals surface area contributed by atoms with Crippen molar-refractivity contribution >= 4 is 17.5 Å². The molecule has 0 N–H and O–H groups in total. The summed E-state index contributed by atoms with van der Waals surface area (Å²) in [4.78, 5) is 13.4. The standard InChI is InChI=1S/C12H24ClNO/c1-10(2)5-7-14(12(15)9-13)8-6-11(3)4/h10-11H,5-9H2,1-4H3. The van der Waals surface area contributed by atoms with Gasteiger partial charge in [-0.1, -0.05) is 27.7 Å². The number of alkyl halides is 1. The maximum absolute atomic E-state index is 11.5. The van der Waals surface area contributed by atoms with Crippen LogP contribution in [0.4, 0.5) is 0 Å². The Morgan fingerprint density at radius 1 is 1.07 bits per heavy atom. The maximum Gasteiger partial charge on any atom is 0.237 e. The summed E-state index contributed by atoms with van der Waals surface area (Å²) in [6.45, 7) is 10.4. The lowest BCUT2D eigenvalue weighted by Gasteiger charge is -2.23. The van der Waals surface area contributed by atoms with E-state index >= 15 is 0 Å². The molecule has 0 heterocycles. The molecule has 0 spiro atoms. The van der Waals surface area contributed by atoms with Gasteiger partial charge in [-0.3, -0.25) is 4.79 Å². The van der Waals surface area contributed by atoms with Crippen molar-refractivity contribution in [3.05, 3.63) is 0 Å². The lowest BCUT2D eigenvalue weighted by Crippen LogP contribution is -2.34. The molecule has 2 nitrogen and oxygen atoms in total. The van der Waals surface area contributed by atoms with Crippen molar-refractivity contribution in [2.24, 2.45) is 11.8 Å². The number of nitrogens with zero attached hydrogens (tertiary/aromatic N) is 1. The highest BCUT2D eigenvalue weighted by Crippen LogP contribution is 2.07. The molecule has 0 radical (unpaired) electrons. The summed E-state index contributed by atoms with van der Waals surface area (Å²) in [5.41, 5.74) is 0. The second-order valence-electron chi connectivity index (χ2n) is 4.88. The van der Waals surface area contributed by atoms with E-state index in [-0.39, 0.29) is 11.8 Å². The fourth-order valence-electron chi connectivity index (χ4n) is 1.27. The van der Waals surface area contributed by atoms with Crippen LogP contribution < -0.4 is 0 Å². The minimum atomic E-state index is 0.0676. The van der Waals surface area contributed by atoms with Crippen molar-refractivity contribution in [3.63, 3.8) is 0 Å². The largest absolute Gasteiger partial charge is 0.342 e. The van der Waals surface area contributed by atoms with Gasteiger partial charge in [-0.05, 0) is 24.7 Å². The molecule has 0 rings (SSSR count). The molecule has 0 aliphatic rings. The van der Waals surface area contributed by atoms with Gasteiger partial charge in [0, 0.05) is 13.1 Å². The molecule has 0 atom stereocenters. The van der Waals surface area contributed by atoms with E-state index in [2.05, 4.69) is 27.7 Å². The first kappa shape index (κ1) is 14.8. The predicted octanol–water partition coefficient (Wildman–Crippen LogP) is 3.15. The van der Waals surface area contributed by atoms with Crippen molar-refractivity contribution in [1.82, 2.24) is 4.90 Å². The quantitative estimate of drug-likeness (QED) is 0.619. The predicted molar refractivity (Wildman–Crippen MR) is 66.2 cm³/mol. The number of carbonyl (C=O) groups excluding carboxylic acids is 1. The Bertz CT molecular complexity index is 168. The van der Waals surface area contributed by atoms with Crippen LogP contribution >= 0.6 is 11.6 Å². The van der Waals surface area contributed by atoms with E-state index in [0.29, 0.717) is 11.8 Å². The summed E-state index contributed by atoms with van der Waals surface area (Å²) in [5.74, 6) is 1.44. The zero-order chi connectivity index (χ0) is 11.8. The van der Waals surface area contributed by atoms with Gasteiger partial charge < -0.3 is 4.90 Å². The lowest BCUT2D eigenvalue weighted by atomic mass is 10.1. The first-order chi connectivity index (χ1) is 6.97. The summed E-state index contributed by atoms with van der Waals surface area (Å²) >= 11 is 5.59. The van der Waals surface area contributed by atoms with Crippen molar-refractivity contribution in [3.8, 4) is 0 Å². The van der Waals surface area contributed by atoms with Gasteiger partial charge in [0.1, 0.15) is 5.88 Å². The highest BCUT2D eigenvalue weighted by atomic mass is 35.5. The van der Waals surface area contributed by atoms with Crippen LogP contribution in [0.15, 0.2) is 0 Å². The number of rotatable bonds is 7. The lowest BCUT2D eigenvalue weighted by molar-refractivity contribution is -0.128. The van der Waals surface area contributed by atoms with Crippen LogP contribution in [0.5, 0.6) is 0 Å². The van der Waals surface area contributed by atoms with E-state index in [1.807, 2.05) is 4.90 Å². The Morgan fingerprint density at radius 2 is 1.47 bits per heavy atom. The average Bonchev–Trinajstić information content (AvgIpc) is 2.16. The van der Waals surface area contributed by atoms with Gasteiger partial charge in [-0.2, -0.15) is 0 Å². The highest BCUT2D eigenvalue weighted by Gasteiger charge is 2.12. The molecule has 0 fully saturated rings. The molecule has 90 valence electrons. The summed E-state index contributed by atoms with van der Waals surface area (Å²) in [6, 6.07) is 0. The van der Waals surface area contributed by atoms with Gasteiger partial charge >= 0.3 is 0 Å². The van der Waals surface area contributed by atoms with E-state index in [1.165, 1.54) is 0 Å². The van der Waals surface area contributed by atoms with Crippen molar-refractivity contribution in [2.75, 3.05) is 19.0 Å². The molecule has 0 saturated heterocycles. The average molecular weight is 234 g/mol. The molecular weight excluding hydrogens is 210 g/mol. The zero-order valence-corrected chi connectivity index (χ0v) is 11.2. The SMILES string of the molecule is CC(C)CCN(CCC(C)C)C(=O)CCl. The Labute approximate surface area is 99.0 Å². The Kier molecular flexibility index (Phi) is 7.85. The van der Waals surface area contributed by atoms with Crippen LogP contribution in [-0.2, 0) is 4.79 Å². The van der Waals surface area contributed by atoms with Crippen LogP contribution in [0.3, 0.4) is 0 Å². The molecule has 0 aliphatic carbocycles. The zero-order valence-electron chi connectivity index (χ0n) is 10.4. The van der Waals surface area contributed by atoms with E-state index in [4.69, 9.17) is 11.6 Å². The molecule has 0 saturated carbocycles. The summed E-state index contributed by atoms with van der Waals surface area (Å²) in [5, 5.41) is 0. The third kappa shape index (κ3) is 7.66. The van der Waals surface area contributed by atoms with Gasteiger partial charge in [-0.25, -0.2) is 0 Å². The van der Waals surface area contributed by atoms with Crippen molar-refractivity contribution < 1.29 is 4.79 Å². The molecule has 15 heavy (non-hydrogen) atoms. The molecule has 0 aromatic carbocycles. The van der Waals surface area contributed by atoms with Crippen molar-refractivity contribution in [1.29, 1.82) is 0 Å². The molecular formula is C12H24ClNO. The monoisotopic (exact) mass is 233 g/mol. The fourth-order valence-corrected chi connectivity index (χ4v) is 1.44. The Morgan fingerprint density at radius 3 is 1.73 bits per heavy atom. The molecule has 1 amide bonds. The van der Waals surface area contributed by atoms with Gasteiger partial charge in [0.2, 0.25) is 5.91 Å². The molecule has 0 unspecified atom stereocenters. The van der Waals surface area contributed by atoms with Crippen LogP contribution in [0, 0.1) is 11.8 Å². The number of amides is 1. The number of halogens is 1. The third-order valence-corrected chi connectivity index (χ3v) is 2.65. The van der Waals surface area contributed by atoms with E-state index in [1.54, 1.807) is 0 Å². The van der Waals surface area contributed by atoms with E-state index in [0.717, 1.165) is 25.9 Å². The van der Waals surface area contributed by atoms with Gasteiger partial charge in [0.15, 0.2) is 0 Å².